The van der Waals surface area contributed by atoms with E-state index >= 15 is 0 Å². The van der Waals surface area contributed by atoms with Crippen LogP contribution in [0.4, 0.5) is 0 Å². The molecule has 13 heavy (non-hydrogen) atoms. The molecule has 0 aromatic heterocycles. The minimum atomic E-state index is -0.443. The van der Waals surface area contributed by atoms with Gasteiger partial charge in [0, 0.05) is 12.3 Å². The van der Waals surface area contributed by atoms with Gasteiger partial charge < -0.3 is 9.84 Å². The Labute approximate surface area is 80.1 Å². The molecular formula is C10H20O3. The highest BCUT2D eigenvalue weighted by molar-refractivity contribution is 5.66. The van der Waals surface area contributed by atoms with E-state index in [1.165, 1.54) is 6.92 Å². The molecule has 0 aromatic carbocycles. The fraction of sp³-hybridized carbons (Fsp3) is 0.900. The quantitative estimate of drug-likeness (QED) is 0.683. The van der Waals surface area contributed by atoms with Crippen molar-refractivity contribution in [1.82, 2.24) is 0 Å². The lowest BCUT2D eigenvalue weighted by Crippen LogP contribution is -2.40. The zero-order valence-electron chi connectivity index (χ0n) is 9.13. The van der Waals surface area contributed by atoms with Gasteiger partial charge in [-0.25, -0.2) is 0 Å². The van der Waals surface area contributed by atoms with Crippen LogP contribution in [0.1, 0.15) is 41.0 Å². The lowest BCUT2D eigenvalue weighted by molar-refractivity contribution is -0.156. The summed E-state index contributed by atoms with van der Waals surface area (Å²) in [5, 5.41) is 9.68. The standard InChI is InChI=1S/C10H20O3/c1-6-9(12)10(4,5)7(2)13-8(3)11/h7,9,12H,6H2,1-5H3. The maximum Gasteiger partial charge on any atom is 0.302 e. The number of aliphatic hydroxyl groups excluding tert-OH is 1. The lowest BCUT2D eigenvalue weighted by atomic mass is 9.80. The molecule has 0 saturated heterocycles. The fourth-order valence-electron chi connectivity index (χ4n) is 1.20. The van der Waals surface area contributed by atoms with Crippen LogP contribution in [0.5, 0.6) is 0 Å². The molecular weight excluding hydrogens is 168 g/mol. The van der Waals surface area contributed by atoms with Crippen LogP contribution in [0.3, 0.4) is 0 Å². The number of hydrogen-bond acceptors (Lipinski definition) is 3. The van der Waals surface area contributed by atoms with Crippen LogP contribution in [-0.4, -0.2) is 23.3 Å². The van der Waals surface area contributed by atoms with Gasteiger partial charge in [-0.05, 0) is 13.3 Å². The molecule has 0 radical (unpaired) electrons. The first-order valence-corrected chi connectivity index (χ1v) is 4.67. The number of aliphatic hydroxyl groups is 1. The summed E-state index contributed by atoms with van der Waals surface area (Å²) in [6, 6.07) is 0. The first-order chi connectivity index (χ1) is 5.82. The number of rotatable bonds is 4. The fourth-order valence-corrected chi connectivity index (χ4v) is 1.20. The van der Waals surface area contributed by atoms with Crippen molar-refractivity contribution in [2.24, 2.45) is 5.41 Å². The Morgan fingerprint density at radius 1 is 1.54 bits per heavy atom. The van der Waals surface area contributed by atoms with Crippen LogP contribution < -0.4 is 0 Å². The van der Waals surface area contributed by atoms with E-state index in [2.05, 4.69) is 0 Å². The monoisotopic (exact) mass is 188 g/mol. The summed E-state index contributed by atoms with van der Waals surface area (Å²) in [5.41, 5.74) is -0.388. The Balaban J connectivity index is 4.34. The van der Waals surface area contributed by atoms with Crippen molar-refractivity contribution in [1.29, 1.82) is 0 Å². The molecule has 0 aliphatic carbocycles. The van der Waals surface area contributed by atoms with Gasteiger partial charge in [0.1, 0.15) is 6.10 Å². The van der Waals surface area contributed by atoms with Gasteiger partial charge in [-0.1, -0.05) is 20.8 Å². The Morgan fingerprint density at radius 2 is 2.00 bits per heavy atom. The van der Waals surface area contributed by atoms with Crippen molar-refractivity contribution in [3.05, 3.63) is 0 Å². The minimum Gasteiger partial charge on any atom is -0.462 e. The molecule has 78 valence electrons. The summed E-state index contributed by atoms with van der Waals surface area (Å²) in [4.78, 5) is 10.7. The maximum atomic E-state index is 10.7. The first kappa shape index (κ1) is 12.4. The Morgan fingerprint density at radius 3 is 2.31 bits per heavy atom. The average Bonchev–Trinajstić information content (AvgIpc) is 2.01. The SMILES string of the molecule is CCC(O)C(C)(C)C(C)OC(C)=O. The molecule has 1 N–H and O–H groups in total. The van der Waals surface area contributed by atoms with Crippen LogP contribution in [0.25, 0.3) is 0 Å². The third-order valence-corrected chi connectivity index (χ3v) is 2.64. The van der Waals surface area contributed by atoms with Crippen LogP contribution in [0, 0.1) is 5.41 Å². The number of hydrogen-bond donors (Lipinski definition) is 1. The molecule has 0 heterocycles. The second kappa shape index (κ2) is 4.61. The molecule has 2 atom stereocenters. The van der Waals surface area contributed by atoms with Crippen molar-refractivity contribution in [2.45, 2.75) is 53.2 Å². The van der Waals surface area contributed by atoms with Crippen molar-refractivity contribution >= 4 is 5.97 Å². The zero-order valence-corrected chi connectivity index (χ0v) is 9.13. The van der Waals surface area contributed by atoms with Crippen LogP contribution in [-0.2, 0) is 9.53 Å². The van der Waals surface area contributed by atoms with E-state index < -0.39 is 6.10 Å². The first-order valence-electron chi connectivity index (χ1n) is 4.67. The number of esters is 1. The molecule has 0 fully saturated rings. The Bertz CT molecular complexity index is 175. The summed E-state index contributed by atoms with van der Waals surface area (Å²) in [5.74, 6) is -0.302. The van der Waals surface area contributed by atoms with Gasteiger partial charge in [0.25, 0.3) is 0 Å². The highest BCUT2D eigenvalue weighted by Gasteiger charge is 2.34. The highest BCUT2D eigenvalue weighted by Crippen LogP contribution is 2.29. The zero-order chi connectivity index (χ0) is 10.6. The normalized spacial score (nSPS) is 16.5. The molecule has 0 bridgehead atoms. The smallest absolute Gasteiger partial charge is 0.302 e. The highest BCUT2D eigenvalue weighted by atomic mass is 16.5. The average molecular weight is 188 g/mol. The van der Waals surface area contributed by atoms with Gasteiger partial charge in [-0.2, -0.15) is 0 Å². The molecule has 0 aliphatic heterocycles. The molecule has 3 nitrogen and oxygen atoms in total. The van der Waals surface area contributed by atoms with Gasteiger partial charge in [0.2, 0.25) is 0 Å². The molecule has 2 unspecified atom stereocenters. The molecule has 3 heteroatoms. The van der Waals surface area contributed by atoms with E-state index in [4.69, 9.17) is 4.74 Å². The number of carbonyl (C=O) groups excluding carboxylic acids is 1. The summed E-state index contributed by atoms with van der Waals surface area (Å²) in [7, 11) is 0. The molecule has 0 aliphatic rings. The van der Waals surface area contributed by atoms with Crippen LogP contribution >= 0.6 is 0 Å². The van der Waals surface area contributed by atoms with Crippen molar-refractivity contribution in [3.63, 3.8) is 0 Å². The second-order valence-corrected chi connectivity index (χ2v) is 4.00. The third-order valence-electron chi connectivity index (χ3n) is 2.64. The van der Waals surface area contributed by atoms with E-state index in [1.54, 1.807) is 6.92 Å². The predicted octanol–water partition coefficient (Wildman–Crippen LogP) is 1.74. The van der Waals surface area contributed by atoms with Gasteiger partial charge in [0.15, 0.2) is 0 Å². The van der Waals surface area contributed by atoms with E-state index in [0.717, 1.165) is 0 Å². The summed E-state index contributed by atoms with van der Waals surface area (Å²) in [6.45, 7) is 8.89. The Hall–Kier alpha value is -0.570. The topological polar surface area (TPSA) is 46.5 Å². The maximum absolute atomic E-state index is 10.7. The van der Waals surface area contributed by atoms with E-state index in [0.29, 0.717) is 6.42 Å². The molecule has 0 saturated carbocycles. The second-order valence-electron chi connectivity index (χ2n) is 4.00. The van der Waals surface area contributed by atoms with Crippen molar-refractivity contribution in [3.8, 4) is 0 Å². The lowest BCUT2D eigenvalue weighted by Gasteiger charge is -2.35. The van der Waals surface area contributed by atoms with E-state index in [1.807, 2.05) is 20.8 Å². The van der Waals surface area contributed by atoms with Crippen molar-refractivity contribution < 1.29 is 14.6 Å². The summed E-state index contributed by atoms with van der Waals surface area (Å²) >= 11 is 0. The number of ether oxygens (including phenoxy) is 1. The van der Waals surface area contributed by atoms with Crippen molar-refractivity contribution in [2.75, 3.05) is 0 Å². The Kier molecular flexibility index (Phi) is 4.40. The van der Waals surface area contributed by atoms with Gasteiger partial charge in [0.05, 0.1) is 6.10 Å². The molecule has 0 amide bonds. The third kappa shape index (κ3) is 3.35. The predicted molar refractivity (Wildman–Crippen MR) is 51.3 cm³/mol. The summed E-state index contributed by atoms with van der Waals surface area (Å²) in [6.07, 6.45) is -0.0414. The van der Waals surface area contributed by atoms with Crippen LogP contribution in [0.15, 0.2) is 0 Å². The van der Waals surface area contributed by atoms with E-state index in [9.17, 15) is 9.90 Å². The molecule has 0 aromatic rings. The number of carbonyl (C=O) groups is 1. The van der Waals surface area contributed by atoms with Gasteiger partial charge in [-0.3, -0.25) is 4.79 Å². The van der Waals surface area contributed by atoms with Gasteiger partial charge >= 0.3 is 5.97 Å². The van der Waals surface area contributed by atoms with E-state index in [-0.39, 0.29) is 17.5 Å². The van der Waals surface area contributed by atoms with Gasteiger partial charge in [-0.15, -0.1) is 0 Å². The largest absolute Gasteiger partial charge is 0.462 e. The molecule has 0 spiro atoms. The molecule has 0 rings (SSSR count). The van der Waals surface area contributed by atoms with Crippen LogP contribution in [0.2, 0.25) is 0 Å². The summed E-state index contributed by atoms with van der Waals surface area (Å²) < 4.78 is 5.04. The minimum absolute atomic E-state index is 0.264.